The van der Waals surface area contributed by atoms with Crippen molar-refractivity contribution in [1.82, 2.24) is 5.32 Å². The van der Waals surface area contributed by atoms with Crippen LogP contribution in [0.4, 0.5) is 5.69 Å². The van der Waals surface area contributed by atoms with Crippen molar-refractivity contribution in [3.8, 4) is 5.75 Å². The molecule has 2 aromatic carbocycles. The Balaban J connectivity index is 1.57. The van der Waals surface area contributed by atoms with Gasteiger partial charge in [-0.05, 0) is 42.7 Å². The first-order valence-corrected chi connectivity index (χ1v) is 8.06. The molecule has 2 N–H and O–H groups in total. The summed E-state index contributed by atoms with van der Waals surface area (Å²) in [6, 6.07) is 14.7. The lowest BCUT2D eigenvalue weighted by Crippen LogP contribution is -2.27. The van der Waals surface area contributed by atoms with Crippen LogP contribution in [0.5, 0.6) is 5.75 Å². The van der Waals surface area contributed by atoms with Crippen LogP contribution in [0.3, 0.4) is 0 Å². The van der Waals surface area contributed by atoms with E-state index < -0.39 is 0 Å². The molecule has 0 aromatic heterocycles. The van der Waals surface area contributed by atoms with Crippen molar-refractivity contribution >= 4 is 17.3 Å². The number of anilines is 1. The van der Waals surface area contributed by atoms with Crippen LogP contribution in [-0.2, 0) is 13.0 Å². The minimum atomic E-state index is 0.374. The molecule has 1 aliphatic rings. The van der Waals surface area contributed by atoms with Crippen molar-refractivity contribution in [1.29, 1.82) is 0 Å². The lowest BCUT2D eigenvalue weighted by Gasteiger charge is -2.21. The van der Waals surface area contributed by atoms with Crippen LogP contribution in [0.15, 0.2) is 42.5 Å². The second-order valence-corrected chi connectivity index (χ2v) is 6.09. The number of hydrogen-bond donors (Lipinski definition) is 2. The SMILES string of the molecule is CC(Cc1ccc2c(c1)NCCO2)NCc1ccccc1Cl. The lowest BCUT2D eigenvalue weighted by atomic mass is 10.1. The quantitative estimate of drug-likeness (QED) is 0.878. The summed E-state index contributed by atoms with van der Waals surface area (Å²) < 4.78 is 5.61. The maximum absolute atomic E-state index is 6.19. The second-order valence-electron chi connectivity index (χ2n) is 5.68. The van der Waals surface area contributed by atoms with Gasteiger partial charge in [-0.25, -0.2) is 0 Å². The van der Waals surface area contributed by atoms with E-state index in [9.17, 15) is 0 Å². The van der Waals surface area contributed by atoms with E-state index in [1.54, 1.807) is 0 Å². The first kappa shape index (κ1) is 15.2. The zero-order valence-corrected chi connectivity index (χ0v) is 13.5. The van der Waals surface area contributed by atoms with Crippen molar-refractivity contribution in [2.45, 2.75) is 25.9 Å². The van der Waals surface area contributed by atoms with Crippen molar-refractivity contribution < 1.29 is 4.74 Å². The highest BCUT2D eigenvalue weighted by Crippen LogP contribution is 2.28. The number of benzene rings is 2. The standard InChI is InChI=1S/C18H21ClN2O/c1-13(21-12-15-4-2-3-5-16(15)19)10-14-6-7-18-17(11-14)20-8-9-22-18/h2-7,11,13,20-21H,8-10,12H2,1H3. The molecule has 0 saturated heterocycles. The average Bonchev–Trinajstić information content (AvgIpc) is 2.54. The largest absolute Gasteiger partial charge is 0.490 e. The van der Waals surface area contributed by atoms with Gasteiger partial charge in [0.2, 0.25) is 0 Å². The molecule has 1 atom stereocenters. The van der Waals surface area contributed by atoms with Crippen molar-refractivity contribution in [3.05, 3.63) is 58.6 Å². The number of hydrogen-bond acceptors (Lipinski definition) is 3. The van der Waals surface area contributed by atoms with E-state index in [0.717, 1.165) is 48.1 Å². The Labute approximate surface area is 136 Å². The van der Waals surface area contributed by atoms with Crippen molar-refractivity contribution in [3.63, 3.8) is 0 Å². The van der Waals surface area contributed by atoms with Crippen LogP contribution in [0, 0.1) is 0 Å². The van der Waals surface area contributed by atoms with E-state index in [-0.39, 0.29) is 0 Å². The predicted octanol–water partition coefficient (Wildman–Crippen LogP) is 3.87. The Morgan fingerprint density at radius 2 is 2.14 bits per heavy atom. The highest BCUT2D eigenvalue weighted by atomic mass is 35.5. The number of rotatable bonds is 5. The minimum absolute atomic E-state index is 0.374. The van der Waals surface area contributed by atoms with Gasteiger partial charge in [-0.1, -0.05) is 35.9 Å². The number of nitrogens with one attached hydrogen (secondary N) is 2. The summed E-state index contributed by atoms with van der Waals surface area (Å²) in [5.41, 5.74) is 3.54. The van der Waals surface area contributed by atoms with Crippen LogP contribution in [0.2, 0.25) is 5.02 Å². The Morgan fingerprint density at radius 3 is 3.00 bits per heavy atom. The Morgan fingerprint density at radius 1 is 1.27 bits per heavy atom. The topological polar surface area (TPSA) is 33.3 Å². The third kappa shape index (κ3) is 3.73. The molecule has 3 rings (SSSR count). The van der Waals surface area contributed by atoms with Gasteiger partial charge in [0.25, 0.3) is 0 Å². The molecular weight excluding hydrogens is 296 g/mol. The smallest absolute Gasteiger partial charge is 0.142 e. The van der Waals surface area contributed by atoms with Crippen LogP contribution >= 0.6 is 11.6 Å². The van der Waals surface area contributed by atoms with E-state index in [1.165, 1.54) is 5.56 Å². The molecule has 0 bridgehead atoms. The van der Waals surface area contributed by atoms with E-state index in [2.05, 4.69) is 41.8 Å². The average molecular weight is 317 g/mol. The van der Waals surface area contributed by atoms with E-state index in [0.29, 0.717) is 6.04 Å². The molecule has 0 saturated carbocycles. The highest BCUT2D eigenvalue weighted by molar-refractivity contribution is 6.31. The molecule has 1 heterocycles. The summed E-state index contributed by atoms with van der Waals surface area (Å²) in [4.78, 5) is 0. The van der Waals surface area contributed by atoms with Gasteiger partial charge in [0.1, 0.15) is 12.4 Å². The zero-order chi connectivity index (χ0) is 15.4. The second kappa shape index (κ2) is 7.03. The third-order valence-electron chi connectivity index (χ3n) is 3.86. The summed E-state index contributed by atoms with van der Waals surface area (Å²) in [6.45, 7) is 4.59. The van der Waals surface area contributed by atoms with E-state index in [4.69, 9.17) is 16.3 Å². The summed E-state index contributed by atoms with van der Waals surface area (Å²) in [6.07, 6.45) is 0.972. The van der Waals surface area contributed by atoms with Gasteiger partial charge in [0, 0.05) is 24.2 Å². The van der Waals surface area contributed by atoms with Gasteiger partial charge >= 0.3 is 0 Å². The van der Waals surface area contributed by atoms with E-state index >= 15 is 0 Å². The molecule has 4 heteroatoms. The summed E-state index contributed by atoms with van der Waals surface area (Å²) in [5, 5.41) is 7.73. The molecule has 0 spiro atoms. The lowest BCUT2D eigenvalue weighted by molar-refractivity contribution is 0.323. The van der Waals surface area contributed by atoms with Crippen LogP contribution in [0.25, 0.3) is 0 Å². The maximum atomic E-state index is 6.19. The van der Waals surface area contributed by atoms with Gasteiger partial charge in [-0.3, -0.25) is 0 Å². The Hall–Kier alpha value is -1.71. The maximum Gasteiger partial charge on any atom is 0.142 e. The first-order chi connectivity index (χ1) is 10.7. The van der Waals surface area contributed by atoms with E-state index in [1.807, 2.05) is 18.2 Å². The molecule has 0 fully saturated rings. The molecule has 116 valence electrons. The third-order valence-corrected chi connectivity index (χ3v) is 4.23. The van der Waals surface area contributed by atoms with Gasteiger partial charge in [0.15, 0.2) is 0 Å². The molecular formula is C18H21ClN2O. The fraction of sp³-hybridized carbons (Fsp3) is 0.333. The molecule has 2 aromatic rings. The zero-order valence-electron chi connectivity index (χ0n) is 12.7. The molecule has 1 unspecified atom stereocenters. The predicted molar refractivity (Wildman–Crippen MR) is 91.9 cm³/mol. The minimum Gasteiger partial charge on any atom is -0.490 e. The van der Waals surface area contributed by atoms with Crippen molar-refractivity contribution in [2.75, 3.05) is 18.5 Å². The van der Waals surface area contributed by atoms with Crippen LogP contribution < -0.4 is 15.4 Å². The number of ether oxygens (including phenoxy) is 1. The first-order valence-electron chi connectivity index (χ1n) is 7.69. The molecule has 22 heavy (non-hydrogen) atoms. The van der Waals surface area contributed by atoms with Crippen LogP contribution in [0.1, 0.15) is 18.1 Å². The summed E-state index contributed by atoms with van der Waals surface area (Å²) >= 11 is 6.19. The summed E-state index contributed by atoms with van der Waals surface area (Å²) in [5.74, 6) is 0.951. The van der Waals surface area contributed by atoms with Crippen molar-refractivity contribution in [2.24, 2.45) is 0 Å². The number of fused-ring (bicyclic) bond motifs is 1. The molecule has 3 nitrogen and oxygen atoms in total. The fourth-order valence-corrected chi connectivity index (χ4v) is 2.87. The monoisotopic (exact) mass is 316 g/mol. The molecule has 0 amide bonds. The van der Waals surface area contributed by atoms with Gasteiger partial charge < -0.3 is 15.4 Å². The van der Waals surface area contributed by atoms with Gasteiger partial charge in [0.05, 0.1) is 5.69 Å². The van der Waals surface area contributed by atoms with Gasteiger partial charge in [-0.2, -0.15) is 0 Å². The van der Waals surface area contributed by atoms with Gasteiger partial charge in [-0.15, -0.1) is 0 Å². The Kier molecular flexibility index (Phi) is 4.86. The molecule has 1 aliphatic heterocycles. The summed E-state index contributed by atoms with van der Waals surface area (Å²) in [7, 11) is 0. The normalized spacial score (nSPS) is 14.6. The number of halogens is 1. The fourth-order valence-electron chi connectivity index (χ4n) is 2.67. The highest BCUT2D eigenvalue weighted by Gasteiger charge is 2.11. The molecule has 0 aliphatic carbocycles. The Bertz CT molecular complexity index is 645. The molecule has 0 radical (unpaired) electrons. The van der Waals surface area contributed by atoms with Crippen LogP contribution in [-0.4, -0.2) is 19.2 Å².